The predicted octanol–water partition coefficient (Wildman–Crippen LogP) is 2.40. The van der Waals surface area contributed by atoms with Gasteiger partial charge < -0.3 is 5.32 Å². The van der Waals surface area contributed by atoms with Gasteiger partial charge in [-0.3, -0.25) is 4.79 Å². The number of carbonyl (C=O) groups excluding carboxylic acids is 1. The molecule has 1 N–H and O–H groups in total. The Hall–Kier alpha value is -1.98. The lowest BCUT2D eigenvalue weighted by Crippen LogP contribution is -2.23. The number of hydrogen-bond acceptors (Lipinski definition) is 5. The number of amides is 1. The molecule has 0 saturated heterocycles. The van der Waals surface area contributed by atoms with Crippen molar-refractivity contribution in [2.45, 2.75) is 16.7 Å². The summed E-state index contributed by atoms with van der Waals surface area (Å²) in [6, 6.07) is 8.17. The first-order valence-corrected chi connectivity index (χ1v) is 11.6. The van der Waals surface area contributed by atoms with E-state index in [9.17, 15) is 21.6 Å². The van der Waals surface area contributed by atoms with E-state index in [1.807, 2.05) is 0 Å². The largest absolute Gasteiger partial charge is 0.322 e. The van der Waals surface area contributed by atoms with E-state index in [0.717, 1.165) is 8.61 Å². The van der Waals surface area contributed by atoms with Gasteiger partial charge in [-0.25, -0.2) is 25.4 Å². The first-order chi connectivity index (χ1) is 13.3. The number of aryl methyl sites for hydroxylation is 1. The molecule has 0 bridgehead atoms. The number of anilines is 1. The van der Waals surface area contributed by atoms with Gasteiger partial charge >= 0.3 is 0 Å². The highest BCUT2D eigenvalue weighted by molar-refractivity contribution is 7.89. The minimum atomic E-state index is -3.76. The van der Waals surface area contributed by atoms with E-state index in [1.165, 1.54) is 58.5 Å². The SMILES string of the molecule is Cc1ccc(S(=O)(=O)N(C)C)cc1NC(=O)c1cc(S(=O)(=O)N(C)C)ccc1Cl. The van der Waals surface area contributed by atoms with Gasteiger partial charge in [0.25, 0.3) is 5.91 Å². The number of sulfonamides is 2. The summed E-state index contributed by atoms with van der Waals surface area (Å²) < 4.78 is 51.4. The lowest BCUT2D eigenvalue weighted by molar-refractivity contribution is 0.102. The Bertz CT molecular complexity index is 1160. The fraction of sp³-hybridized carbons (Fsp3) is 0.278. The molecule has 0 aliphatic heterocycles. The molecule has 11 heteroatoms. The topological polar surface area (TPSA) is 104 Å². The summed E-state index contributed by atoms with van der Waals surface area (Å²) in [6.07, 6.45) is 0. The van der Waals surface area contributed by atoms with Gasteiger partial charge in [-0.05, 0) is 42.8 Å². The molecule has 0 aliphatic carbocycles. The molecule has 0 atom stereocenters. The normalized spacial score (nSPS) is 12.4. The van der Waals surface area contributed by atoms with Crippen LogP contribution in [0.5, 0.6) is 0 Å². The Balaban J connectivity index is 2.46. The summed E-state index contributed by atoms with van der Waals surface area (Å²) in [6.45, 7) is 1.70. The van der Waals surface area contributed by atoms with Crippen molar-refractivity contribution >= 4 is 43.2 Å². The predicted molar refractivity (Wildman–Crippen MR) is 112 cm³/mol. The zero-order valence-electron chi connectivity index (χ0n) is 16.6. The Kier molecular flexibility index (Phi) is 6.75. The van der Waals surface area contributed by atoms with Crippen LogP contribution >= 0.6 is 11.6 Å². The number of carbonyl (C=O) groups is 1. The van der Waals surface area contributed by atoms with Crippen molar-refractivity contribution in [1.82, 2.24) is 8.61 Å². The molecular formula is C18H22ClN3O5S2. The smallest absolute Gasteiger partial charge is 0.257 e. The highest BCUT2D eigenvalue weighted by Gasteiger charge is 2.22. The molecule has 0 radical (unpaired) electrons. The number of halogens is 1. The highest BCUT2D eigenvalue weighted by Crippen LogP contribution is 2.26. The number of rotatable bonds is 6. The summed E-state index contributed by atoms with van der Waals surface area (Å²) in [7, 11) is -1.87. The molecular weight excluding hydrogens is 438 g/mol. The van der Waals surface area contributed by atoms with Crippen LogP contribution in [0, 0.1) is 6.92 Å². The molecule has 0 unspecified atom stereocenters. The standard InChI is InChI=1S/C18H22ClN3O5S2/c1-12-6-7-14(29(26,27)22(4)5)11-17(12)20-18(23)15-10-13(8-9-16(15)19)28(24,25)21(2)3/h6-11H,1-5H3,(H,20,23). The van der Waals surface area contributed by atoms with E-state index in [1.54, 1.807) is 13.0 Å². The average molecular weight is 460 g/mol. The van der Waals surface area contributed by atoms with E-state index < -0.39 is 26.0 Å². The van der Waals surface area contributed by atoms with Crippen molar-refractivity contribution in [1.29, 1.82) is 0 Å². The zero-order chi connectivity index (χ0) is 22.1. The van der Waals surface area contributed by atoms with Gasteiger partial charge in [0.15, 0.2) is 0 Å². The van der Waals surface area contributed by atoms with Crippen LogP contribution in [0.2, 0.25) is 5.02 Å². The molecule has 0 heterocycles. The Labute approximate surface area is 176 Å². The molecule has 0 spiro atoms. The first kappa shape index (κ1) is 23.3. The summed E-state index contributed by atoms with van der Waals surface area (Å²) in [4.78, 5) is 12.7. The van der Waals surface area contributed by atoms with E-state index in [2.05, 4.69) is 5.32 Å². The van der Waals surface area contributed by atoms with Gasteiger partial charge in [-0.2, -0.15) is 0 Å². The first-order valence-electron chi connectivity index (χ1n) is 8.35. The Morgan fingerprint density at radius 3 is 1.86 bits per heavy atom. The van der Waals surface area contributed by atoms with Crippen LogP contribution in [0.1, 0.15) is 15.9 Å². The third-order valence-corrected chi connectivity index (χ3v) is 8.15. The van der Waals surface area contributed by atoms with E-state index in [-0.39, 0.29) is 26.1 Å². The average Bonchev–Trinajstić information content (AvgIpc) is 2.63. The monoisotopic (exact) mass is 459 g/mol. The second-order valence-electron chi connectivity index (χ2n) is 6.65. The van der Waals surface area contributed by atoms with Crippen molar-refractivity contribution < 1.29 is 21.6 Å². The molecule has 0 aromatic heterocycles. The van der Waals surface area contributed by atoms with Crippen LogP contribution in [0.3, 0.4) is 0 Å². The molecule has 2 aromatic rings. The van der Waals surface area contributed by atoms with E-state index in [4.69, 9.17) is 11.6 Å². The van der Waals surface area contributed by atoms with E-state index in [0.29, 0.717) is 5.56 Å². The van der Waals surface area contributed by atoms with Crippen molar-refractivity contribution in [3.05, 3.63) is 52.5 Å². The maximum absolute atomic E-state index is 12.8. The van der Waals surface area contributed by atoms with Crippen LogP contribution in [-0.4, -0.2) is 59.5 Å². The van der Waals surface area contributed by atoms with Gasteiger partial charge in [0.1, 0.15) is 0 Å². The molecule has 2 rings (SSSR count). The number of nitrogens with zero attached hydrogens (tertiary/aromatic N) is 2. The van der Waals surface area contributed by atoms with Gasteiger partial charge in [0, 0.05) is 33.9 Å². The van der Waals surface area contributed by atoms with Crippen LogP contribution in [0.15, 0.2) is 46.2 Å². The lowest BCUT2D eigenvalue weighted by atomic mass is 10.1. The molecule has 2 aromatic carbocycles. The van der Waals surface area contributed by atoms with Crippen molar-refractivity contribution in [2.24, 2.45) is 0 Å². The van der Waals surface area contributed by atoms with Crippen molar-refractivity contribution in [3.8, 4) is 0 Å². The molecule has 8 nitrogen and oxygen atoms in total. The minimum absolute atomic E-state index is 0.0124. The second-order valence-corrected chi connectivity index (χ2v) is 11.4. The third-order valence-electron chi connectivity index (χ3n) is 4.20. The lowest BCUT2D eigenvalue weighted by Gasteiger charge is -2.15. The van der Waals surface area contributed by atoms with Crippen LogP contribution in [0.25, 0.3) is 0 Å². The maximum Gasteiger partial charge on any atom is 0.257 e. The molecule has 29 heavy (non-hydrogen) atoms. The highest BCUT2D eigenvalue weighted by atomic mass is 35.5. The maximum atomic E-state index is 12.8. The van der Waals surface area contributed by atoms with Gasteiger partial charge in [-0.15, -0.1) is 0 Å². The molecule has 1 amide bonds. The van der Waals surface area contributed by atoms with Crippen LogP contribution in [0.4, 0.5) is 5.69 Å². The van der Waals surface area contributed by atoms with Gasteiger partial charge in [0.2, 0.25) is 20.0 Å². The van der Waals surface area contributed by atoms with Crippen LogP contribution in [-0.2, 0) is 20.0 Å². The van der Waals surface area contributed by atoms with E-state index >= 15 is 0 Å². The summed E-state index contributed by atoms with van der Waals surface area (Å²) >= 11 is 6.10. The van der Waals surface area contributed by atoms with Crippen molar-refractivity contribution in [3.63, 3.8) is 0 Å². The number of hydrogen-bond donors (Lipinski definition) is 1. The Morgan fingerprint density at radius 1 is 0.862 bits per heavy atom. The second kappa shape index (κ2) is 8.41. The summed E-state index contributed by atoms with van der Waals surface area (Å²) in [5.41, 5.74) is 0.856. The molecule has 158 valence electrons. The molecule has 0 saturated carbocycles. The Morgan fingerprint density at radius 2 is 1.34 bits per heavy atom. The van der Waals surface area contributed by atoms with Crippen molar-refractivity contribution in [2.75, 3.05) is 33.5 Å². The number of benzene rings is 2. The van der Waals surface area contributed by atoms with Crippen LogP contribution < -0.4 is 5.32 Å². The fourth-order valence-corrected chi connectivity index (χ4v) is 4.41. The third kappa shape index (κ3) is 4.78. The fourth-order valence-electron chi connectivity index (χ4n) is 2.35. The zero-order valence-corrected chi connectivity index (χ0v) is 19.0. The summed E-state index contributed by atoms with van der Waals surface area (Å²) in [5.74, 6) is -0.659. The van der Waals surface area contributed by atoms with Gasteiger partial charge in [-0.1, -0.05) is 17.7 Å². The molecule has 0 aliphatic rings. The van der Waals surface area contributed by atoms with Gasteiger partial charge in [0.05, 0.1) is 20.4 Å². The minimum Gasteiger partial charge on any atom is -0.322 e. The quantitative estimate of drug-likeness (QED) is 0.714. The molecule has 0 fully saturated rings. The number of nitrogens with one attached hydrogen (secondary N) is 1. The summed E-state index contributed by atoms with van der Waals surface area (Å²) in [5, 5.41) is 2.68.